The lowest BCUT2D eigenvalue weighted by Gasteiger charge is -2.10. The monoisotopic (exact) mass is 347 g/mol. The fraction of sp³-hybridized carbons (Fsp3) is 0.222. The molecule has 4 nitrogen and oxygen atoms in total. The van der Waals surface area contributed by atoms with Gasteiger partial charge < -0.3 is 10.6 Å². The molecular weight excluding hydrogens is 331 g/mol. The van der Waals surface area contributed by atoms with Crippen LogP contribution in [0.5, 0.6) is 0 Å². The van der Waals surface area contributed by atoms with E-state index in [0.29, 0.717) is 16.8 Å². The van der Waals surface area contributed by atoms with Gasteiger partial charge in [-0.25, -0.2) is 4.79 Å². The summed E-state index contributed by atoms with van der Waals surface area (Å²) in [4.78, 5) is 11.9. The Labute approximate surface area is 143 Å². The van der Waals surface area contributed by atoms with Crippen molar-refractivity contribution in [3.8, 4) is 6.07 Å². The van der Waals surface area contributed by atoms with E-state index in [2.05, 4.69) is 10.6 Å². The molecule has 25 heavy (non-hydrogen) atoms. The van der Waals surface area contributed by atoms with Crippen molar-refractivity contribution in [2.45, 2.75) is 25.6 Å². The highest BCUT2D eigenvalue weighted by Crippen LogP contribution is 2.23. The van der Waals surface area contributed by atoms with Crippen LogP contribution in [0.3, 0.4) is 0 Å². The average molecular weight is 347 g/mol. The summed E-state index contributed by atoms with van der Waals surface area (Å²) in [6, 6.07) is 14.7. The molecule has 0 aliphatic rings. The van der Waals surface area contributed by atoms with Crippen LogP contribution in [0.1, 0.15) is 23.1 Å². The Balaban J connectivity index is 1.88. The first kappa shape index (κ1) is 18.3. The Morgan fingerprint density at radius 3 is 2.52 bits per heavy atom. The lowest BCUT2D eigenvalue weighted by molar-refractivity contribution is -0.133. The van der Waals surface area contributed by atoms with Gasteiger partial charge in [-0.2, -0.15) is 18.4 Å². The number of nitrogens with zero attached hydrogens (tertiary/aromatic N) is 1. The molecule has 7 heteroatoms. The molecular formula is C18H16F3N3O. The summed E-state index contributed by atoms with van der Waals surface area (Å²) in [6.45, 7) is 0.231. The molecule has 0 radical (unpaired) electrons. The second-order valence-electron chi connectivity index (χ2n) is 5.44. The molecule has 0 saturated heterocycles. The van der Waals surface area contributed by atoms with Crippen molar-refractivity contribution >= 4 is 11.7 Å². The quantitative estimate of drug-likeness (QED) is 0.843. The number of rotatable bonds is 5. The zero-order valence-corrected chi connectivity index (χ0v) is 13.2. The van der Waals surface area contributed by atoms with E-state index in [0.717, 1.165) is 5.56 Å². The molecule has 0 heterocycles. The van der Waals surface area contributed by atoms with Gasteiger partial charge in [0.05, 0.1) is 11.6 Å². The van der Waals surface area contributed by atoms with Crippen LogP contribution >= 0.6 is 0 Å². The molecule has 0 aromatic heterocycles. The van der Waals surface area contributed by atoms with E-state index >= 15 is 0 Å². The molecule has 2 rings (SSSR count). The number of carbonyl (C=O) groups is 1. The Bertz CT molecular complexity index is 782. The Hall–Kier alpha value is -3.01. The number of amides is 2. The van der Waals surface area contributed by atoms with Gasteiger partial charge >= 0.3 is 12.2 Å². The number of aryl methyl sites for hydroxylation is 1. The third kappa shape index (κ3) is 6.55. The predicted octanol–water partition coefficient (Wildman–Crippen LogP) is 4.37. The summed E-state index contributed by atoms with van der Waals surface area (Å²) in [7, 11) is 0. The van der Waals surface area contributed by atoms with Crippen molar-refractivity contribution in [2.24, 2.45) is 0 Å². The first-order valence-electron chi connectivity index (χ1n) is 7.55. The fourth-order valence-electron chi connectivity index (χ4n) is 2.20. The highest BCUT2D eigenvalue weighted by atomic mass is 19.4. The van der Waals surface area contributed by atoms with Gasteiger partial charge in [-0.3, -0.25) is 0 Å². The number of urea groups is 1. The minimum Gasteiger partial charge on any atom is -0.334 e. The second-order valence-corrected chi connectivity index (χ2v) is 5.44. The molecule has 130 valence electrons. The second kappa shape index (κ2) is 8.20. The summed E-state index contributed by atoms with van der Waals surface area (Å²) in [5.41, 5.74) is 2.19. The van der Waals surface area contributed by atoms with Crippen molar-refractivity contribution in [1.82, 2.24) is 5.32 Å². The lowest BCUT2D eigenvalue weighted by Crippen LogP contribution is -2.28. The summed E-state index contributed by atoms with van der Waals surface area (Å²) >= 11 is 0. The molecule has 0 unspecified atom stereocenters. The molecule has 0 atom stereocenters. The van der Waals surface area contributed by atoms with Crippen molar-refractivity contribution < 1.29 is 18.0 Å². The zero-order chi connectivity index (χ0) is 18.3. The zero-order valence-electron chi connectivity index (χ0n) is 13.2. The highest BCUT2D eigenvalue weighted by Gasteiger charge is 2.26. The van der Waals surface area contributed by atoms with Crippen LogP contribution in [-0.4, -0.2) is 12.2 Å². The van der Waals surface area contributed by atoms with Crippen LogP contribution in [0.4, 0.5) is 23.7 Å². The van der Waals surface area contributed by atoms with Gasteiger partial charge in [0, 0.05) is 18.7 Å². The SMILES string of the molecule is N#Cc1cccc(CNC(=O)Nc2cccc(CCC(F)(F)F)c2)c1. The van der Waals surface area contributed by atoms with Gasteiger partial charge in [-0.1, -0.05) is 24.3 Å². The predicted molar refractivity (Wildman–Crippen MR) is 87.8 cm³/mol. The number of benzene rings is 2. The van der Waals surface area contributed by atoms with Crippen molar-refractivity contribution in [3.05, 3.63) is 65.2 Å². The summed E-state index contributed by atoms with van der Waals surface area (Å²) < 4.78 is 36.8. The van der Waals surface area contributed by atoms with Crippen molar-refractivity contribution in [2.75, 3.05) is 5.32 Å². The van der Waals surface area contributed by atoms with E-state index in [-0.39, 0.29) is 13.0 Å². The minimum atomic E-state index is -4.21. The van der Waals surface area contributed by atoms with E-state index in [1.165, 1.54) is 6.07 Å². The van der Waals surface area contributed by atoms with Crippen molar-refractivity contribution in [3.63, 3.8) is 0 Å². The van der Waals surface area contributed by atoms with Gasteiger partial charge in [0.1, 0.15) is 0 Å². The number of nitrogens with one attached hydrogen (secondary N) is 2. The highest BCUT2D eigenvalue weighted by molar-refractivity contribution is 5.89. The third-order valence-electron chi connectivity index (χ3n) is 3.39. The number of hydrogen-bond donors (Lipinski definition) is 2. The lowest BCUT2D eigenvalue weighted by atomic mass is 10.1. The Kier molecular flexibility index (Phi) is 6.01. The van der Waals surface area contributed by atoms with E-state index in [1.54, 1.807) is 42.5 Å². The molecule has 2 amide bonds. The van der Waals surface area contributed by atoms with Gasteiger partial charge in [-0.15, -0.1) is 0 Å². The van der Waals surface area contributed by atoms with E-state index in [1.807, 2.05) is 6.07 Å². The molecule has 0 fully saturated rings. The molecule has 2 N–H and O–H groups in total. The maximum atomic E-state index is 12.3. The topological polar surface area (TPSA) is 64.9 Å². The normalized spacial score (nSPS) is 10.8. The van der Waals surface area contributed by atoms with Gasteiger partial charge in [0.2, 0.25) is 0 Å². The van der Waals surface area contributed by atoms with Gasteiger partial charge in [0.15, 0.2) is 0 Å². The molecule has 0 saturated carbocycles. The minimum absolute atomic E-state index is 0.137. The van der Waals surface area contributed by atoms with E-state index in [4.69, 9.17) is 5.26 Å². The van der Waals surface area contributed by atoms with Crippen LogP contribution in [0.25, 0.3) is 0 Å². The van der Waals surface area contributed by atoms with Gasteiger partial charge in [-0.05, 0) is 41.8 Å². The maximum absolute atomic E-state index is 12.3. The van der Waals surface area contributed by atoms with Crippen molar-refractivity contribution in [1.29, 1.82) is 5.26 Å². The summed E-state index contributed by atoms with van der Waals surface area (Å²) in [5, 5.41) is 14.1. The number of hydrogen-bond acceptors (Lipinski definition) is 2. The summed E-state index contributed by atoms with van der Waals surface area (Å²) in [6.07, 6.45) is -5.25. The van der Waals surface area contributed by atoms with Crippen LogP contribution in [-0.2, 0) is 13.0 Å². The largest absolute Gasteiger partial charge is 0.389 e. The third-order valence-corrected chi connectivity index (χ3v) is 3.39. The molecule has 2 aromatic rings. The number of alkyl halides is 3. The molecule has 0 aliphatic carbocycles. The average Bonchev–Trinajstić information content (AvgIpc) is 2.58. The summed E-state index contributed by atoms with van der Waals surface area (Å²) in [5.74, 6) is 0. The number of anilines is 1. The van der Waals surface area contributed by atoms with Crippen LogP contribution < -0.4 is 10.6 Å². The molecule has 0 bridgehead atoms. The van der Waals surface area contributed by atoms with Crippen LogP contribution in [0, 0.1) is 11.3 Å². The molecule has 2 aromatic carbocycles. The smallest absolute Gasteiger partial charge is 0.334 e. The first-order chi connectivity index (χ1) is 11.9. The Morgan fingerprint density at radius 1 is 1.08 bits per heavy atom. The van der Waals surface area contributed by atoms with Crippen LogP contribution in [0.2, 0.25) is 0 Å². The number of nitriles is 1. The van der Waals surface area contributed by atoms with E-state index < -0.39 is 18.6 Å². The molecule has 0 spiro atoms. The fourth-order valence-corrected chi connectivity index (χ4v) is 2.20. The number of carbonyl (C=O) groups excluding carboxylic acids is 1. The van der Waals surface area contributed by atoms with Gasteiger partial charge in [0.25, 0.3) is 0 Å². The Morgan fingerprint density at radius 2 is 1.80 bits per heavy atom. The number of halogens is 3. The van der Waals surface area contributed by atoms with E-state index in [9.17, 15) is 18.0 Å². The van der Waals surface area contributed by atoms with Crippen LogP contribution in [0.15, 0.2) is 48.5 Å². The molecule has 0 aliphatic heterocycles. The maximum Gasteiger partial charge on any atom is 0.389 e. The standard InChI is InChI=1S/C18H16F3N3O/c19-18(20,21)8-7-13-3-2-6-16(10-13)24-17(25)23-12-15-5-1-4-14(9-15)11-22/h1-6,9-10H,7-8,12H2,(H2,23,24,25). The first-order valence-corrected chi connectivity index (χ1v) is 7.55.